The summed E-state index contributed by atoms with van der Waals surface area (Å²) in [4.78, 5) is 4.55. The van der Waals surface area contributed by atoms with Gasteiger partial charge in [-0.3, -0.25) is 4.99 Å². The lowest BCUT2D eigenvalue weighted by atomic mass is 9.98. The van der Waals surface area contributed by atoms with Crippen LogP contribution in [-0.4, -0.2) is 64.3 Å². The second-order valence-corrected chi connectivity index (χ2v) is 8.66. The largest absolute Gasteiger partial charge is 0.489 e. The van der Waals surface area contributed by atoms with Crippen LogP contribution in [0.25, 0.3) is 0 Å². The van der Waals surface area contributed by atoms with Crippen molar-refractivity contribution >= 4 is 40.0 Å². The Bertz CT molecular complexity index is 772. The van der Waals surface area contributed by atoms with Gasteiger partial charge in [-0.2, -0.15) is 0 Å². The number of ether oxygens (including phenoxy) is 1. The molecule has 0 atom stereocenters. The molecule has 1 saturated heterocycles. The third kappa shape index (κ3) is 8.99. The fourth-order valence-corrected chi connectivity index (χ4v) is 3.78. The molecule has 1 heterocycles. The highest BCUT2D eigenvalue weighted by molar-refractivity contribution is 14.0. The lowest BCUT2D eigenvalue weighted by molar-refractivity contribution is 0.280. The van der Waals surface area contributed by atoms with E-state index < -0.39 is 21.7 Å². The van der Waals surface area contributed by atoms with Crippen LogP contribution in [0, 0.1) is 17.6 Å². The highest BCUT2D eigenvalue weighted by Gasteiger charge is 2.24. The molecule has 29 heavy (non-hydrogen) atoms. The molecule has 2 N–H and O–H groups in total. The number of nitrogens with one attached hydrogen (secondary N) is 2. The summed E-state index contributed by atoms with van der Waals surface area (Å²) in [6.07, 6.45) is 2.80. The van der Waals surface area contributed by atoms with Gasteiger partial charge >= 0.3 is 0 Å². The maximum Gasteiger partial charge on any atom is 0.211 e. The third-order valence-electron chi connectivity index (χ3n) is 4.44. The van der Waals surface area contributed by atoms with E-state index in [4.69, 9.17) is 4.74 Å². The molecule has 0 spiro atoms. The highest BCUT2D eigenvalue weighted by Crippen LogP contribution is 2.19. The zero-order chi connectivity index (χ0) is 20.6. The number of sulfonamides is 1. The van der Waals surface area contributed by atoms with Crippen LogP contribution in [-0.2, 0) is 10.0 Å². The topological polar surface area (TPSA) is 83.0 Å². The molecule has 0 unspecified atom stereocenters. The molecule has 0 bridgehead atoms. The Morgan fingerprint density at radius 1 is 1.28 bits per heavy atom. The van der Waals surface area contributed by atoms with Gasteiger partial charge in [0.05, 0.1) is 12.8 Å². The minimum absolute atomic E-state index is 0. The zero-order valence-electron chi connectivity index (χ0n) is 16.7. The van der Waals surface area contributed by atoms with Gasteiger partial charge in [0, 0.05) is 32.2 Å². The summed E-state index contributed by atoms with van der Waals surface area (Å²) in [7, 11) is -3.12. The van der Waals surface area contributed by atoms with Crippen LogP contribution in [0.1, 0.15) is 19.8 Å². The molecule has 0 aromatic heterocycles. The molecule has 1 aliphatic heterocycles. The summed E-state index contributed by atoms with van der Waals surface area (Å²) in [6.45, 7) is 4.88. The van der Waals surface area contributed by atoms with Crippen molar-refractivity contribution in [1.29, 1.82) is 0 Å². The second-order valence-electron chi connectivity index (χ2n) is 6.68. The van der Waals surface area contributed by atoms with E-state index in [1.165, 1.54) is 16.6 Å². The molecule has 1 fully saturated rings. The van der Waals surface area contributed by atoms with Crippen LogP contribution in [0.3, 0.4) is 0 Å². The standard InChI is InChI=1S/C18H28F2N4O3S.HI/c1-3-21-18(22-8-11-27-17-5-4-15(19)12-16(17)20)23-13-14-6-9-24(10-7-14)28(2,25)26;/h4-5,12,14H,3,6-11,13H2,1-2H3,(H2,21,22,23);1H. The Kier molecular flexibility index (Phi) is 11.1. The van der Waals surface area contributed by atoms with Crippen molar-refractivity contribution in [2.75, 3.05) is 45.6 Å². The van der Waals surface area contributed by atoms with Gasteiger partial charge in [0.2, 0.25) is 10.0 Å². The molecule has 11 heteroatoms. The molecule has 1 aromatic carbocycles. The van der Waals surface area contributed by atoms with Crippen LogP contribution in [0.4, 0.5) is 8.78 Å². The fourth-order valence-electron chi connectivity index (χ4n) is 2.91. The van der Waals surface area contributed by atoms with E-state index in [1.54, 1.807) is 0 Å². The molecule has 2 rings (SSSR count). The number of nitrogens with zero attached hydrogens (tertiary/aromatic N) is 2. The fraction of sp³-hybridized carbons (Fsp3) is 0.611. The van der Waals surface area contributed by atoms with Crippen molar-refractivity contribution in [2.24, 2.45) is 10.9 Å². The monoisotopic (exact) mass is 546 g/mol. The summed E-state index contributed by atoms with van der Waals surface area (Å²) in [5.41, 5.74) is 0. The van der Waals surface area contributed by atoms with Crippen LogP contribution < -0.4 is 15.4 Å². The Hall–Kier alpha value is -1.21. The van der Waals surface area contributed by atoms with Crippen molar-refractivity contribution in [3.63, 3.8) is 0 Å². The van der Waals surface area contributed by atoms with Crippen molar-refractivity contribution in [1.82, 2.24) is 14.9 Å². The lowest BCUT2D eigenvalue weighted by Crippen LogP contribution is -2.41. The molecule has 0 radical (unpaired) electrons. The number of benzene rings is 1. The molecule has 166 valence electrons. The summed E-state index contributed by atoms with van der Waals surface area (Å²) in [5, 5.41) is 6.23. The van der Waals surface area contributed by atoms with E-state index in [0.29, 0.717) is 44.6 Å². The number of halogens is 3. The minimum Gasteiger partial charge on any atom is -0.489 e. The van der Waals surface area contributed by atoms with Crippen molar-refractivity contribution in [3.05, 3.63) is 29.8 Å². The van der Waals surface area contributed by atoms with Crippen molar-refractivity contribution < 1.29 is 21.9 Å². The average Bonchev–Trinajstić information content (AvgIpc) is 2.64. The van der Waals surface area contributed by atoms with Crippen molar-refractivity contribution in [3.8, 4) is 5.75 Å². The second kappa shape index (κ2) is 12.5. The maximum absolute atomic E-state index is 13.5. The van der Waals surface area contributed by atoms with Crippen molar-refractivity contribution in [2.45, 2.75) is 19.8 Å². The summed E-state index contributed by atoms with van der Waals surface area (Å²) in [6, 6.07) is 3.18. The number of guanidine groups is 1. The molecular formula is C18H29F2IN4O3S. The van der Waals surface area contributed by atoms with Gasteiger partial charge in [-0.1, -0.05) is 0 Å². The highest BCUT2D eigenvalue weighted by atomic mass is 127. The van der Waals surface area contributed by atoms with Gasteiger partial charge in [0.25, 0.3) is 0 Å². The molecular weight excluding hydrogens is 517 g/mol. The predicted octanol–water partition coefficient (Wildman–Crippen LogP) is 2.19. The quantitative estimate of drug-likeness (QED) is 0.226. The Morgan fingerprint density at radius 2 is 1.97 bits per heavy atom. The summed E-state index contributed by atoms with van der Waals surface area (Å²) < 4.78 is 56.3. The van der Waals surface area contributed by atoms with Gasteiger partial charge in [-0.05, 0) is 37.8 Å². The molecule has 0 aliphatic carbocycles. The molecule has 0 saturated carbocycles. The van der Waals surface area contributed by atoms with E-state index in [1.807, 2.05) is 6.92 Å². The Labute approximate surface area is 188 Å². The summed E-state index contributed by atoms with van der Waals surface area (Å²) >= 11 is 0. The normalized spacial score (nSPS) is 16.2. The first kappa shape index (κ1) is 25.8. The molecule has 1 aromatic rings. The molecule has 1 aliphatic rings. The van der Waals surface area contributed by atoms with Gasteiger partial charge in [0.15, 0.2) is 17.5 Å². The minimum atomic E-state index is -3.12. The Balaban J connectivity index is 0.00000420. The van der Waals surface area contributed by atoms with Gasteiger partial charge in [0.1, 0.15) is 12.4 Å². The van der Waals surface area contributed by atoms with Crippen LogP contribution in [0.15, 0.2) is 23.2 Å². The first-order chi connectivity index (χ1) is 13.3. The van der Waals surface area contributed by atoms with Crippen LogP contribution >= 0.6 is 24.0 Å². The molecule has 7 nitrogen and oxygen atoms in total. The molecule has 0 amide bonds. The lowest BCUT2D eigenvalue weighted by Gasteiger charge is -2.29. The number of hydrogen-bond acceptors (Lipinski definition) is 4. The Morgan fingerprint density at radius 3 is 2.55 bits per heavy atom. The van der Waals surface area contributed by atoms with E-state index >= 15 is 0 Å². The SMILES string of the molecule is CCNC(=NCC1CCN(S(C)(=O)=O)CC1)NCCOc1ccc(F)cc1F.I. The third-order valence-corrected chi connectivity index (χ3v) is 5.74. The average molecular weight is 546 g/mol. The number of rotatable bonds is 8. The smallest absolute Gasteiger partial charge is 0.211 e. The van der Waals surface area contributed by atoms with Gasteiger partial charge < -0.3 is 15.4 Å². The van der Waals surface area contributed by atoms with Gasteiger partial charge in [-0.15, -0.1) is 24.0 Å². The maximum atomic E-state index is 13.5. The predicted molar refractivity (Wildman–Crippen MR) is 120 cm³/mol. The number of aliphatic imine (C=N–C) groups is 1. The first-order valence-corrected chi connectivity index (χ1v) is 11.2. The van der Waals surface area contributed by atoms with Crippen LogP contribution in [0.2, 0.25) is 0 Å². The van der Waals surface area contributed by atoms with E-state index in [-0.39, 0.29) is 36.3 Å². The zero-order valence-corrected chi connectivity index (χ0v) is 19.8. The number of piperidine rings is 1. The summed E-state index contributed by atoms with van der Waals surface area (Å²) in [5.74, 6) is -0.426. The van der Waals surface area contributed by atoms with E-state index in [9.17, 15) is 17.2 Å². The van der Waals surface area contributed by atoms with E-state index in [2.05, 4.69) is 15.6 Å². The van der Waals surface area contributed by atoms with E-state index in [0.717, 1.165) is 25.0 Å². The van der Waals surface area contributed by atoms with Crippen LogP contribution in [0.5, 0.6) is 5.75 Å². The first-order valence-electron chi connectivity index (χ1n) is 9.34. The van der Waals surface area contributed by atoms with Gasteiger partial charge in [-0.25, -0.2) is 21.5 Å². The number of hydrogen-bond donors (Lipinski definition) is 2.